The monoisotopic (exact) mass is 300 g/mol. The van der Waals surface area contributed by atoms with Gasteiger partial charge in [-0.2, -0.15) is 11.8 Å². The third-order valence-corrected chi connectivity index (χ3v) is 4.70. The van der Waals surface area contributed by atoms with Gasteiger partial charge in [-0.05, 0) is 31.3 Å². The third kappa shape index (κ3) is 3.58. The predicted molar refractivity (Wildman–Crippen MR) is 80.7 cm³/mol. The number of carbonyl (C=O) groups excluding carboxylic acids is 2. The molecule has 0 aliphatic carbocycles. The summed E-state index contributed by atoms with van der Waals surface area (Å²) in [5.74, 6) is 0.973. The van der Waals surface area contributed by atoms with Crippen LogP contribution in [0, 0.1) is 0 Å². The van der Waals surface area contributed by atoms with E-state index in [-0.39, 0.29) is 24.0 Å². The van der Waals surface area contributed by atoms with Crippen molar-refractivity contribution in [3.63, 3.8) is 0 Å². The molecule has 1 atom stereocenters. The molecule has 6 nitrogen and oxygen atoms in total. The highest BCUT2D eigenvalue weighted by atomic mass is 32.2. The molecule has 0 aromatic carbocycles. The Labute approximate surface area is 124 Å². The summed E-state index contributed by atoms with van der Waals surface area (Å²) in [5, 5.41) is 2.83. The zero-order valence-corrected chi connectivity index (χ0v) is 12.8. The van der Waals surface area contributed by atoms with Crippen molar-refractivity contribution in [1.29, 1.82) is 0 Å². The van der Waals surface area contributed by atoms with E-state index in [2.05, 4.69) is 5.32 Å². The molecular weight excluding hydrogens is 276 g/mol. The van der Waals surface area contributed by atoms with Crippen molar-refractivity contribution in [3.8, 4) is 0 Å². The summed E-state index contributed by atoms with van der Waals surface area (Å²) in [6.07, 6.45) is 4.46. The van der Waals surface area contributed by atoms with Crippen LogP contribution in [0.4, 0.5) is 4.79 Å². The molecule has 0 aromatic rings. The minimum Gasteiger partial charge on any atom is -0.341 e. The van der Waals surface area contributed by atoms with Crippen molar-refractivity contribution < 1.29 is 9.59 Å². The second-order valence-electron chi connectivity index (χ2n) is 5.37. The minimum atomic E-state index is -0.380. The highest BCUT2D eigenvalue weighted by molar-refractivity contribution is 7.98. The average molecular weight is 300 g/mol. The van der Waals surface area contributed by atoms with Crippen LogP contribution in [0.15, 0.2) is 0 Å². The van der Waals surface area contributed by atoms with Crippen LogP contribution in [0.3, 0.4) is 0 Å². The maximum Gasteiger partial charge on any atom is 0.317 e. The topological polar surface area (TPSA) is 78.7 Å². The molecule has 0 aromatic heterocycles. The van der Waals surface area contributed by atoms with E-state index in [0.29, 0.717) is 13.1 Å². The predicted octanol–water partition coefficient (Wildman–Crippen LogP) is 0.0830. The molecule has 2 saturated heterocycles. The lowest BCUT2D eigenvalue weighted by molar-refractivity contribution is -0.134. The van der Waals surface area contributed by atoms with E-state index >= 15 is 0 Å². The molecule has 0 saturated carbocycles. The molecule has 0 radical (unpaired) electrons. The first-order chi connectivity index (χ1) is 9.63. The largest absolute Gasteiger partial charge is 0.341 e. The molecule has 0 spiro atoms. The van der Waals surface area contributed by atoms with Crippen LogP contribution in [-0.2, 0) is 4.79 Å². The maximum absolute atomic E-state index is 12.2. The number of amides is 3. The zero-order chi connectivity index (χ0) is 14.5. The Kier molecular flexibility index (Phi) is 5.54. The van der Waals surface area contributed by atoms with Gasteiger partial charge in [0.25, 0.3) is 0 Å². The number of rotatable bonds is 5. The van der Waals surface area contributed by atoms with Gasteiger partial charge in [-0.3, -0.25) is 4.79 Å². The standard InChI is InChI=1S/C13H24N4O2S/c1-20-9-4-11(14)12(18)16-6-2-10(3-7-16)17-8-5-15-13(17)19/h10-11H,2-9,14H2,1H3,(H,15,19)/t11-/m0/s1. The fraction of sp³-hybridized carbons (Fsp3) is 0.846. The first-order valence-corrected chi connectivity index (χ1v) is 8.60. The van der Waals surface area contributed by atoms with Crippen molar-refractivity contribution >= 4 is 23.7 Å². The average Bonchev–Trinajstić information content (AvgIpc) is 2.90. The van der Waals surface area contributed by atoms with Crippen LogP contribution in [0.2, 0.25) is 0 Å². The van der Waals surface area contributed by atoms with E-state index in [1.165, 1.54) is 0 Å². The van der Waals surface area contributed by atoms with Gasteiger partial charge in [0.15, 0.2) is 0 Å². The van der Waals surface area contributed by atoms with E-state index in [9.17, 15) is 9.59 Å². The number of nitrogens with one attached hydrogen (secondary N) is 1. The quantitative estimate of drug-likeness (QED) is 0.754. The Bertz CT molecular complexity index is 358. The number of likely N-dealkylation sites (tertiary alicyclic amines) is 1. The van der Waals surface area contributed by atoms with Crippen molar-refractivity contribution in [1.82, 2.24) is 15.1 Å². The van der Waals surface area contributed by atoms with Crippen molar-refractivity contribution in [2.45, 2.75) is 31.3 Å². The normalized spacial score (nSPS) is 22.0. The van der Waals surface area contributed by atoms with Gasteiger partial charge in [0.2, 0.25) is 5.91 Å². The molecule has 2 fully saturated rings. The summed E-state index contributed by atoms with van der Waals surface area (Å²) in [7, 11) is 0. The fourth-order valence-electron chi connectivity index (χ4n) is 2.84. The molecule has 7 heteroatoms. The molecule has 2 rings (SSSR count). The molecule has 3 N–H and O–H groups in total. The summed E-state index contributed by atoms with van der Waals surface area (Å²) >= 11 is 1.71. The lowest BCUT2D eigenvalue weighted by Crippen LogP contribution is -2.51. The molecule has 2 heterocycles. The zero-order valence-electron chi connectivity index (χ0n) is 12.0. The maximum atomic E-state index is 12.2. The smallest absolute Gasteiger partial charge is 0.317 e. The van der Waals surface area contributed by atoms with Crippen molar-refractivity contribution in [3.05, 3.63) is 0 Å². The molecule has 2 aliphatic heterocycles. The Hall–Kier alpha value is -0.950. The first kappa shape index (κ1) is 15.4. The molecule has 20 heavy (non-hydrogen) atoms. The van der Waals surface area contributed by atoms with Crippen molar-refractivity contribution in [2.75, 3.05) is 38.2 Å². The summed E-state index contributed by atoms with van der Waals surface area (Å²) in [5.41, 5.74) is 5.93. The highest BCUT2D eigenvalue weighted by Crippen LogP contribution is 2.19. The summed E-state index contributed by atoms with van der Waals surface area (Å²) in [6, 6.07) is -0.0792. The van der Waals surface area contributed by atoms with E-state index < -0.39 is 0 Å². The molecule has 0 bridgehead atoms. The minimum absolute atomic E-state index is 0.0337. The number of hydrogen-bond donors (Lipinski definition) is 2. The van der Waals surface area contributed by atoms with E-state index in [1.807, 2.05) is 16.1 Å². The number of carbonyl (C=O) groups is 2. The van der Waals surface area contributed by atoms with Gasteiger partial charge in [-0.1, -0.05) is 0 Å². The van der Waals surface area contributed by atoms with Gasteiger partial charge >= 0.3 is 6.03 Å². The summed E-state index contributed by atoms with van der Waals surface area (Å²) in [4.78, 5) is 27.6. The SMILES string of the molecule is CSCC[C@H](N)C(=O)N1CCC(N2CCNC2=O)CC1. The van der Waals surface area contributed by atoms with E-state index in [4.69, 9.17) is 5.73 Å². The Morgan fingerprint density at radius 3 is 2.70 bits per heavy atom. The number of hydrogen-bond acceptors (Lipinski definition) is 4. The Morgan fingerprint density at radius 1 is 1.45 bits per heavy atom. The number of urea groups is 1. The lowest BCUT2D eigenvalue weighted by atomic mass is 10.0. The van der Waals surface area contributed by atoms with Crippen LogP contribution in [0.1, 0.15) is 19.3 Å². The van der Waals surface area contributed by atoms with E-state index in [0.717, 1.165) is 38.1 Å². The third-order valence-electron chi connectivity index (χ3n) is 4.06. The molecule has 3 amide bonds. The molecular formula is C13H24N4O2S. The summed E-state index contributed by atoms with van der Waals surface area (Å²) < 4.78 is 0. The highest BCUT2D eigenvalue weighted by Gasteiger charge is 2.32. The molecule has 0 unspecified atom stereocenters. The molecule has 114 valence electrons. The van der Waals surface area contributed by atoms with Gasteiger partial charge in [0.1, 0.15) is 0 Å². The number of thioether (sulfide) groups is 1. The second kappa shape index (κ2) is 7.17. The van der Waals surface area contributed by atoms with Crippen LogP contribution < -0.4 is 11.1 Å². The first-order valence-electron chi connectivity index (χ1n) is 7.21. The number of piperidine rings is 1. The van der Waals surface area contributed by atoms with Crippen LogP contribution in [0.25, 0.3) is 0 Å². The van der Waals surface area contributed by atoms with Gasteiger partial charge in [0.05, 0.1) is 6.04 Å². The van der Waals surface area contributed by atoms with E-state index in [1.54, 1.807) is 11.8 Å². The van der Waals surface area contributed by atoms with Gasteiger partial charge < -0.3 is 20.9 Å². The fourth-order valence-corrected chi connectivity index (χ4v) is 3.33. The Morgan fingerprint density at radius 2 is 2.15 bits per heavy atom. The number of nitrogens with zero attached hydrogens (tertiary/aromatic N) is 2. The second-order valence-corrected chi connectivity index (χ2v) is 6.36. The lowest BCUT2D eigenvalue weighted by Gasteiger charge is -2.37. The van der Waals surface area contributed by atoms with Crippen LogP contribution in [0.5, 0.6) is 0 Å². The Balaban J connectivity index is 1.78. The van der Waals surface area contributed by atoms with Gasteiger partial charge in [-0.25, -0.2) is 4.79 Å². The van der Waals surface area contributed by atoms with Gasteiger partial charge in [-0.15, -0.1) is 0 Å². The summed E-state index contributed by atoms with van der Waals surface area (Å²) in [6.45, 7) is 2.93. The van der Waals surface area contributed by atoms with Crippen LogP contribution in [-0.4, -0.2) is 72.0 Å². The molecule has 2 aliphatic rings. The van der Waals surface area contributed by atoms with Crippen molar-refractivity contribution in [2.24, 2.45) is 5.73 Å². The van der Waals surface area contributed by atoms with Crippen LogP contribution >= 0.6 is 11.8 Å². The van der Waals surface area contributed by atoms with Gasteiger partial charge in [0, 0.05) is 32.2 Å². The number of nitrogens with two attached hydrogens (primary N) is 1.